The van der Waals surface area contributed by atoms with Crippen LogP contribution in [0.25, 0.3) is 21.5 Å². The van der Waals surface area contributed by atoms with Crippen LogP contribution in [0, 0.1) is 0 Å². The third-order valence-electron chi connectivity index (χ3n) is 9.70. The number of nitrogens with one attached hydrogen (secondary N) is 1. The van der Waals surface area contributed by atoms with Crippen LogP contribution in [0.1, 0.15) is 0 Å². The van der Waals surface area contributed by atoms with Crippen LogP contribution >= 0.6 is 0 Å². The number of ether oxygens (including phenoxy) is 3. The van der Waals surface area contributed by atoms with Gasteiger partial charge in [-0.2, -0.15) is 33.7 Å². The second-order valence-corrected chi connectivity index (χ2v) is 19.6. The number of aromatic hydroxyl groups is 1. The molecule has 0 aromatic heterocycles. The number of phenols is 1. The number of methoxy groups -OCH3 is 3. The molecule has 0 saturated carbocycles. The molecule has 0 atom stereocenters. The van der Waals surface area contributed by atoms with Crippen LogP contribution in [0.3, 0.4) is 0 Å². The van der Waals surface area contributed by atoms with E-state index in [1.54, 1.807) is 24.3 Å². The summed E-state index contributed by atoms with van der Waals surface area (Å²) in [7, 11) is -16.2. The number of benzene rings is 7. The smallest absolute Gasteiger partial charge is 0.296 e. The van der Waals surface area contributed by atoms with Crippen molar-refractivity contribution >= 4 is 108 Å². The molecule has 7 aromatic carbocycles. The Hall–Kier alpha value is -7.50. The summed E-state index contributed by atoms with van der Waals surface area (Å²) in [5.74, 6) is -0.881. The van der Waals surface area contributed by atoms with Crippen LogP contribution in [0.15, 0.2) is 159 Å². The fourth-order valence-corrected chi connectivity index (χ4v) is 8.93. The maximum Gasteiger partial charge on any atom is 0.296 e. The van der Waals surface area contributed by atoms with Crippen molar-refractivity contribution in [3.8, 4) is 23.0 Å². The van der Waals surface area contributed by atoms with Gasteiger partial charge in [-0.1, -0.05) is 24.3 Å². The molecule has 68 heavy (non-hydrogen) atoms. The minimum atomic E-state index is -5.09. The molecule has 352 valence electrons. The van der Waals surface area contributed by atoms with Gasteiger partial charge >= 0.3 is 0 Å². The molecule has 0 saturated heterocycles. The first kappa shape index (κ1) is 48.4. The molecule has 0 amide bonds. The number of azo groups is 3. The van der Waals surface area contributed by atoms with Crippen LogP contribution in [0.2, 0.25) is 0 Å². The maximum atomic E-state index is 12.7. The van der Waals surface area contributed by atoms with Crippen molar-refractivity contribution in [2.75, 3.05) is 26.6 Å². The number of phenolic OH excluding ortho intramolecular Hbond substituents is 1. The van der Waals surface area contributed by atoms with E-state index in [0.717, 1.165) is 36.0 Å². The number of hydrogen-bond donors (Lipinski definition) is 6. The number of anilines is 2. The normalized spacial score (nSPS) is 12.7. The highest BCUT2D eigenvalue weighted by Crippen LogP contribution is 2.48. The van der Waals surface area contributed by atoms with E-state index in [1.165, 1.54) is 51.7 Å². The Bertz CT molecular complexity index is 3740. The lowest BCUT2D eigenvalue weighted by Crippen LogP contribution is -2.03. The molecule has 0 fully saturated rings. The van der Waals surface area contributed by atoms with Crippen molar-refractivity contribution in [1.29, 1.82) is 0 Å². The first-order valence-corrected chi connectivity index (χ1v) is 24.6. The van der Waals surface area contributed by atoms with Gasteiger partial charge in [0.2, 0.25) is 0 Å². The summed E-state index contributed by atoms with van der Waals surface area (Å²) >= 11 is 0. The fraction of sp³-hybridized carbons (Fsp3) is 0.0732. The molecule has 27 heteroatoms. The van der Waals surface area contributed by atoms with E-state index in [2.05, 4.69) is 36.0 Å². The summed E-state index contributed by atoms with van der Waals surface area (Å²) in [6.45, 7) is 0. The Labute approximate surface area is 386 Å². The minimum Gasteiger partial charge on any atom is -0.505 e. The Kier molecular flexibility index (Phi) is 13.3. The van der Waals surface area contributed by atoms with Crippen LogP contribution in [-0.2, 0) is 40.5 Å². The predicted octanol–water partition coefficient (Wildman–Crippen LogP) is 9.70. The van der Waals surface area contributed by atoms with Gasteiger partial charge in [-0.15, -0.1) is 30.7 Å². The molecular formula is C41H33N7O16S4. The molecule has 0 aliphatic heterocycles. The average Bonchev–Trinajstić information content (AvgIpc) is 3.28. The molecule has 0 aliphatic rings. The minimum absolute atomic E-state index is 0.0409. The van der Waals surface area contributed by atoms with Gasteiger partial charge < -0.3 is 24.6 Å². The van der Waals surface area contributed by atoms with Gasteiger partial charge in [0.1, 0.15) is 55.5 Å². The second kappa shape index (κ2) is 18.6. The molecule has 0 bridgehead atoms. The molecule has 0 aliphatic carbocycles. The fourth-order valence-electron chi connectivity index (χ4n) is 6.54. The standard InChI is InChI=1S/C41H33N7O16S4/c1-62-34-21-33(35(63-2)20-32(34)45-43-30-14-11-26(66(53,54)55)18-37(30)67(56,57)58)46-44-31-19-36(64-3)39(28-13-10-25(17-29(28)31)65(50,51)52)47-48-40-38(68(59,60)61)16-22-15-24(9-12-27(22)41(40)49)42-23-7-5-4-6-8-23/h4-21,42,49H,1-3H3,(H,50,51,52)(H,53,54,55)(H,56,57,58)(H,59,60,61). The van der Waals surface area contributed by atoms with Gasteiger partial charge in [0.25, 0.3) is 40.5 Å². The number of hydrogen-bond acceptors (Lipinski definition) is 19. The van der Waals surface area contributed by atoms with E-state index in [0.29, 0.717) is 11.8 Å². The van der Waals surface area contributed by atoms with Gasteiger partial charge in [0.15, 0.2) is 5.75 Å². The lowest BCUT2D eigenvalue weighted by atomic mass is 10.1. The molecule has 23 nitrogen and oxygen atoms in total. The van der Waals surface area contributed by atoms with Crippen molar-refractivity contribution in [1.82, 2.24) is 0 Å². The largest absolute Gasteiger partial charge is 0.505 e. The quantitative estimate of drug-likeness (QED) is 0.0411. The van der Waals surface area contributed by atoms with Crippen molar-refractivity contribution in [2.24, 2.45) is 30.7 Å². The van der Waals surface area contributed by atoms with Crippen molar-refractivity contribution < 1.29 is 71.2 Å². The van der Waals surface area contributed by atoms with Crippen molar-refractivity contribution in [2.45, 2.75) is 19.6 Å². The number of para-hydroxylation sites is 1. The highest BCUT2D eigenvalue weighted by Gasteiger charge is 2.25. The van der Waals surface area contributed by atoms with Gasteiger partial charge in [-0.25, -0.2) is 0 Å². The van der Waals surface area contributed by atoms with Crippen LogP contribution < -0.4 is 19.5 Å². The summed E-state index contributed by atoms with van der Waals surface area (Å²) in [4.78, 5) is -3.24. The summed E-state index contributed by atoms with van der Waals surface area (Å²) in [5, 5.41) is 39.5. The highest BCUT2D eigenvalue weighted by atomic mass is 32.2. The summed E-state index contributed by atoms with van der Waals surface area (Å²) in [5.41, 5.74) is -0.365. The van der Waals surface area contributed by atoms with Crippen molar-refractivity contribution in [3.05, 3.63) is 109 Å². The van der Waals surface area contributed by atoms with Gasteiger partial charge in [0, 0.05) is 45.7 Å². The molecule has 0 heterocycles. The van der Waals surface area contributed by atoms with E-state index in [1.807, 2.05) is 18.2 Å². The summed E-state index contributed by atoms with van der Waals surface area (Å²) < 4.78 is 153. The number of rotatable bonds is 15. The Morgan fingerprint density at radius 2 is 0.941 bits per heavy atom. The Balaban J connectivity index is 1.32. The zero-order valence-corrected chi connectivity index (χ0v) is 38.2. The van der Waals surface area contributed by atoms with Crippen LogP contribution in [0.4, 0.5) is 45.5 Å². The van der Waals surface area contributed by atoms with Crippen LogP contribution in [-0.4, -0.2) is 78.3 Å². The third kappa shape index (κ3) is 10.4. The number of nitrogens with zero attached hydrogens (tertiary/aromatic N) is 6. The van der Waals surface area contributed by atoms with Crippen LogP contribution in [0.5, 0.6) is 23.0 Å². The summed E-state index contributed by atoms with van der Waals surface area (Å²) in [6, 6.07) is 24.0. The molecule has 0 unspecified atom stereocenters. The third-order valence-corrected chi connectivity index (χ3v) is 13.1. The average molecular weight is 1010 g/mol. The van der Waals surface area contributed by atoms with E-state index >= 15 is 0 Å². The summed E-state index contributed by atoms with van der Waals surface area (Å²) in [6.07, 6.45) is 0. The zero-order chi connectivity index (χ0) is 49.3. The van der Waals surface area contributed by atoms with Gasteiger partial charge in [-0.05, 0) is 72.1 Å². The SMILES string of the molecule is COc1cc(N=Nc2cc(OC)c(N=Nc3c(S(=O)(=O)O)cc4cc(Nc5ccccc5)ccc4c3O)c3ccc(S(=O)(=O)O)cc23)c(OC)cc1N=Nc1ccc(S(=O)(=O)O)cc1S(=O)(=O)O. The Morgan fingerprint density at radius 3 is 1.51 bits per heavy atom. The first-order valence-electron chi connectivity index (χ1n) is 18.8. The van der Waals surface area contributed by atoms with E-state index in [-0.39, 0.29) is 61.5 Å². The monoisotopic (exact) mass is 1010 g/mol. The lowest BCUT2D eigenvalue weighted by molar-refractivity contribution is 0.405. The molecule has 0 spiro atoms. The highest BCUT2D eigenvalue weighted by molar-refractivity contribution is 7.87. The van der Waals surface area contributed by atoms with E-state index in [9.17, 15) is 57.0 Å². The van der Waals surface area contributed by atoms with Gasteiger partial charge in [-0.3, -0.25) is 18.2 Å². The lowest BCUT2D eigenvalue weighted by Gasteiger charge is -2.13. The maximum absolute atomic E-state index is 12.7. The Morgan fingerprint density at radius 1 is 0.426 bits per heavy atom. The number of fused-ring (bicyclic) bond motifs is 2. The molecule has 7 aromatic rings. The topological polar surface area (TPSA) is 352 Å². The van der Waals surface area contributed by atoms with E-state index in [4.69, 9.17) is 14.2 Å². The van der Waals surface area contributed by atoms with Gasteiger partial charge in [0.05, 0.1) is 36.8 Å². The van der Waals surface area contributed by atoms with Crippen molar-refractivity contribution in [3.63, 3.8) is 0 Å². The van der Waals surface area contributed by atoms with E-state index < -0.39 is 77.2 Å². The zero-order valence-electron chi connectivity index (χ0n) is 34.9. The molecule has 0 radical (unpaired) electrons. The molecule has 6 N–H and O–H groups in total. The second-order valence-electron chi connectivity index (χ2n) is 14.0. The first-order chi connectivity index (χ1) is 32.0. The molecular weight excluding hydrogens is 975 g/mol. The molecule has 7 rings (SSSR count). The predicted molar refractivity (Wildman–Crippen MR) is 244 cm³/mol.